The van der Waals surface area contributed by atoms with Crippen LogP contribution in [0.1, 0.15) is 6.92 Å². The van der Waals surface area contributed by atoms with Crippen molar-refractivity contribution in [2.75, 3.05) is 13.7 Å². The van der Waals surface area contributed by atoms with E-state index in [2.05, 4.69) is 15.5 Å². The SMILES string of the molecule is COC(=O)C(C)(O)CON. The lowest BCUT2D eigenvalue weighted by atomic mass is 10.1. The van der Waals surface area contributed by atoms with E-state index in [1.165, 1.54) is 14.0 Å². The number of rotatable bonds is 3. The zero-order chi connectivity index (χ0) is 8.20. The van der Waals surface area contributed by atoms with Gasteiger partial charge in [-0.25, -0.2) is 10.7 Å². The van der Waals surface area contributed by atoms with Gasteiger partial charge in [0, 0.05) is 0 Å². The number of aliphatic hydroxyl groups is 1. The van der Waals surface area contributed by atoms with Crippen LogP contribution in [0, 0.1) is 0 Å². The molecule has 0 spiro atoms. The average Bonchev–Trinajstić information content (AvgIpc) is 1.86. The van der Waals surface area contributed by atoms with Gasteiger partial charge < -0.3 is 14.7 Å². The van der Waals surface area contributed by atoms with Gasteiger partial charge in [0.1, 0.15) is 6.61 Å². The molecule has 0 saturated heterocycles. The Morgan fingerprint density at radius 2 is 2.30 bits per heavy atom. The molecule has 5 heteroatoms. The molecule has 60 valence electrons. The molecule has 0 amide bonds. The molecular formula is C5H11NO4. The van der Waals surface area contributed by atoms with E-state index in [0.29, 0.717) is 0 Å². The van der Waals surface area contributed by atoms with E-state index < -0.39 is 11.6 Å². The molecule has 0 saturated carbocycles. The van der Waals surface area contributed by atoms with Gasteiger partial charge in [0.05, 0.1) is 7.11 Å². The van der Waals surface area contributed by atoms with Crippen molar-refractivity contribution in [1.82, 2.24) is 0 Å². The lowest BCUT2D eigenvalue weighted by Crippen LogP contribution is -2.41. The van der Waals surface area contributed by atoms with Gasteiger partial charge in [-0.1, -0.05) is 0 Å². The zero-order valence-corrected chi connectivity index (χ0v) is 5.96. The second-order valence-electron chi connectivity index (χ2n) is 2.08. The van der Waals surface area contributed by atoms with Crippen LogP contribution in [0.25, 0.3) is 0 Å². The van der Waals surface area contributed by atoms with Crippen molar-refractivity contribution in [1.29, 1.82) is 0 Å². The normalized spacial score (nSPS) is 16.0. The Balaban J connectivity index is 3.96. The molecule has 0 aromatic heterocycles. The molecule has 1 atom stereocenters. The van der Waals surface area contributed by atoms with Crippen LogP contribution in [-0.2, 0) is 14.4 Å². The number of hydrogen-bond acceptors (Lipinski definition) is 5. The lowest BCUT2D eigenvalue weighted by molar-refractivity contribution is -0.166. The van der Waals surface area contributed by atoms with Gasteiger partial charge >= 0.3 is 5.97 Å². The van der Waals surface area contributed by atoms with E-state index in [9.17, 15) is 4.79 Å². The Hall–Kier alpha value is -0.650. The van der Waals surface area contributed by atoms with Crippen LogP contribution in [0.4, 0.5) is 0 Å². The largest absolute Gasteiger partial charge is 0.467 e. The second kappa shape index (κ2) is 3.50. The van der Waals surface area contributed by atoms with E-state index in [1.54, 1.807) is 0 Å². The number of esters is 1. The van der Waals surface area contributed by atoms with Crippen molar-refractivity contribution in [3.63, 3.8) is 0 Å². The number of hydrogen-bond donors (Lipinski definition) is 2. The summed E-state index contributed by atoms with van der Waals surface area (Å²) in [6.45, 7) is 0.978. The Morgan fingerprint density at radius 3 is 2.60 bits per heavy atom. The van der Waals surface area contributed by atoms with Gasteiger partial charge in [-0.3, -0.25) is 0 Å². The van der Waals surface area contributed by atoms with Gasteiger partial charge in [0.25, 0.3) is 0 Å². The summed E-state index contributed by atoms with van der Waals surface area (Å²) in [5.41, 5.74) is -1.65. The first-order chi connectivity index (χ1) is 4.54. The minimum Gasteiger partial charge on any atom is -0.467 e. The van der Waals surface area contributed by atoms with Crippen molar-refractivity contribution >= 4 is 5.97 Å². The molecule has 0 fully saturated rings. The summed E-state index contributed by atoms with van der Waals surface area (Å²) in [4.78, 5) is 14.7. The maximum absolute atomic E-state index is 10.6. The third kappa shape index (κ3) is 2.30. The summed E-state index contributed by atoms with van der Waals surface area (Å²) in [6, 6.07) is 0. The minimum atomic E-state index is -1.65. The smallest absolute Gasteiger partial charge is 0.340 e. The Kier molecular flexibility index (Phi) is 3.27. The van der Waals surface area contributed by atoms with E-state index >= 15 is 0 Å². The monoisotopic (exact) mass is 149 g/mol. The second-order valence-corrected chi connectivity index (χ2v) is 2.08. The molecule has 0 heterocycles. The van der Waals surface area contributed by atoms with Crippen molar-refractivity contribution in [3.05, 3.63) is 0 Å². The van der Waals surface area contributed by atoms with Crippen LogP contribution < -0.4 is 5.90 Å². The summed E-state index contributed by atoms with van der Waals surface area (Å²) >= 11 is 0. The van der Waals surface area contributed by atoms with Crippen molar-refractivity contribution in [2.24, 2.45) is 5.90 Å². The Bertz CT molecular complexity index is 123. The van der Waals surface area contributed by atoms with Gasteiger partial charge in [-0.05, 0) is 6.92 Å². The van der Waals surface area contributed by atoms with Crippen LogP contribution in [0.2, 0.25) is 0 Å². The number of carbonyl (C=O) groups is 1. The molecule has 10 heavy (non-hydrogen) atoms. The molecule has 1 unspecified atom stereocenters. The Morgan fingerprint density at radius 1 is 1.80 bits per heavy atom. The molecule has 0 aromatic carbocycles. The third-order valence-electron chi connectivity index (χ3n) is 0.990. The average molecular weight is 149 g/mol. The van der Waals surface area contributed by atoms with Crippen LogP contribution in [-0.4, -0.2) is 30.4 Å². The summed E-state index contributed by atoms with van der Waals surface area (Å²) in [7, 11) is 1.17. The minimum absolute atomic E-state index is 0.278. The number of carbonyl (C=O) groups excluding carboxylic acids is 1. The number of ether oxygens (including phenoxy) is 1. The molecular weight excluding hydrogens is 138 g/mol. The number of methoxy groups -OCH3 is 1. The molecule has 0 radical (unpaired) electrons. The maximum Gasteiger partial charge on any atom is 0.340 e. The fourth-order valence-corrected chi connectivity index (χ4v) is 0.441. The van der Waals surface area contributed by atoms with E-state index in [1.807, 2.05) is 0 Å². The highest BCUT2D eigenvalue weighted by molar-refractivity contribution is 5.78. The van der Waals surface area contributed by atoms with Gasteiger partial charge in [0.15, 0.2) is 5.60 Å². The van der Waals surface area contributed by atoms with Crippen molar-refractivity contribution in [3.8, 4) is 0 Å². The van der Waals surface area contributed by atoms with Crippen LogP contribution in [0.15, 0.2) is 0 Å². The first-order valence-corrected chi connectivity index (χ1v) is 2.67. The van der Waals surface area contributed by atoms with Crippen molar-refractivity contribution in [2.45, 2.75) is 12.5 Å². The van der Waals surface area contributed by atoms with Gasteiger partial charge in [-0.2, -0.15) is 0 Å². The van der Waals surface area contributed by atoms with Gasteiger partial charge in [-0.15, -0.1) is 0 Å². The lowest BCUT2D eigenvalue weighted by Gasteiger charge is -2.17. The van der Waals surface area contributed by atoms with E-state index in [-0.39, 0.29) is 6.61 Å². The van der Waals surface area contributed by atoms with Crippen LogP contribution in [0.3, 0.4) is 0 Å². The van der Waals surface area contributed by atoms with Crippen LogP contribution in [0.5, 0.6) is 0 Å². The molecule has 0 aliphatic rings. The third-order valence-corrected chi connectivity index (χ3v) is 0.990. The fraction of sp³-hybridized carbons (Fsp3) is 0.800. The fourth-order valence-electron chi connectivity index (χ4n) is 0.441. The summed E-state index contributed by atoms with van der Waals surface area (Å²) < 4.78 is 4.24. The summed E-state index contributed by atoms with van der Waals surface area (Å²) in [5, 5.41) is 9.10. The molecule has 5 nitrogen and oxygen atoms in total. The van der Waals surface area contributed by atoms with E-state index in [4.69, 9.17) is 5.11 Å². The van der Waals surface area contributed by atoms with Crippen molar-refractivity contribution < 1.29 is 19.5 Å². The molecule has 3 N–H and O–H groups in total. The highest BCUT2D eigenvalue weighted by Crippen LogP contribution is 2.04. The quantitative estimate of drug-likeness (QED) is 0.389. The summed E-state index contributed by atoms with van der Waals surface area (Å²) in [6.07, 6.45) is 0. The first kappa shape index (κ1) is 9.35. The molecule has 0 aliphatic carbocycles. The standard InChI is InChI=1S/C5H11NO4/c1-5(8,3-10-6)4(7)9-2/h8H,3,6H2,1-2H3. The summed E-state index contributed by atoms with van der Waals surface area (Å²) in [5.74, 6) is 3.87. The first-order valence-electron chi connectivity index (χ1n) is 2.67. The predicted octanol–water partition coefficient (Wildman–Crippen LogP) is -1.20. The molecule has 0 aromatic rings. The number of nitrogens with two attached hydrogens (primary N) is 1. The highest BCUT2D eigenvalue weighted by atomic mass is 16.6. The molecule has 0 aliphatic heterocycles. The maximum atomic E-state index is 10.6. The molecule has 0 bridgehead atoms. The van der Waals surface area contributed by atoms with E-state index in [0.717, 1.165) is 0 Å². The Labute approximate surface area is 58.7 Å². The zero-order valence-electron chi connectivity index (χ0n) is 5.96. The highest BCUT2D eigenvalue weighted by Gasteiger charge is 2.31. The van der Waals surface area contributed by atoms with Gasteiger partial charge in [0.2, 0.25) is 0 Å². The topological polar surface area (TPSA) is 81.8 Å². The molecule has 0 rings (SSSR count). The van der Waals surface area contributed by atoms with Crippen LogP contribution >= 0.6 is 0 Å². The predicted molar refractivity (Wildman–Crippen MR) is 32.8 cm³/mol.